The highest BCUT2D eigenvalue weighted by atomic mass is 32.1. The number of esters is 1. The number of nitrogens with one attached hydrogen (secondary N) is 1. The van der Waals surface area contributed by atoms with Gasteiger partial charge in [0.25, 0.3) is 11.8 Å². The number of thiazole rings is 1. The normalized spacial score (nSPS) is 10.5. The largest absolute Gasteiger partial charge is 0.452 e. The lowest BCUT2D eigenvalue weighted by Gasteiger charge is -2.19. The average molecular weight is 492 g/mol. The molecule has 0 atom stereocenters. The number of carbonyl (C=O) groups is 3. The molecule has 0 bridgehead atoms. The molecule has 0 unspecified atom stereocenters. The Morgan fingerprint density at radius 3 is 2.50 bits per heavy atom. The molecule has 0 aliphatic heterocycles. The van der Waals surface area contributed by atoms with Crippen molar-refractivity contribution in [3.63, 3.8) is 0 Å². The van der Waals surface area contributed by atoms with Crippen LogP contribution in [-0.4, -0.2) is 36.4 Å². The number of aryl methyl sites for hydroxylation is 1. The highest BCUT2D eigenvalue weighted by Gasteiger charge is 2.21. The van der Waals surface area contributed by atoms with Crippen molar-refractivity contribution in [1.82, 2.24) is 4.98 Å². The van der Waals surface area contributed by atoms with E-state index in [0.29, 0.717) is 15.7 Å². The molecule has 0 saturated heterocycles. The maximum atomic E-state index is 12.7. The zero-order valence-electron chi connectivity index (χ0n) is 18.5. The number of para-hydroxylation sites is 1. The van der Waals surface area contributed by atoms with Gasteiger partial charge in [-0.3, -0.25) is 14.9 Å². The number of anilines is 2. The molecule has 9 heteroatoms. The Labute approximate surface area is 204 Å². The lowest BCUT2D eigenvalue weighted by atomic mass is 10.1. The number of thiophene rings is 1. The molecular formula is C25H21N3O4S2. The Hall–Kier alpha value is -3.82. The fourth-order valence-corrected chi connectivity index (χ4v) is 4.60. The number of benzene rings is 2. The third-order valence-corrected chi connectivity index (χ3v) is 6.57. The summed E-state index contributed by atoms with van der Waals surface area (Å²) in [6, 6.07) is 18.0. The summed E-state index contributed by atoms with van der Waals surface area (Å²) < 4.78 is 5.22. The topological polar surface area (TPSA) is 88.6 Å². The Balaban J connectivity index is 1.37. The number of ether oxygens (including phenoxy) is 1. The monoisotopic (exact) mass is 491 g/mol. The number of hydrogen-bond donors (Lipinski definition) is 1. The highest BCUT2D eigenvalue weighted by Crippen LogP contribution is 2.26. The standard InChI is InChI=1S/C25H21N3O4S2/c1-16-9-11-17(12-10-16)19-15-34-25(26-19)27-22(29)14-32-24(31)18-6-3-4-7-20(18)28(2)23(30)21-8-5-13-33-21/h3-13,15H,14H2,1-2H3,(H,26,27,29). The molecule has 1 N–H and O–H groups in total. The van der Waals surface area contributed by atoms with Crippen molar-refractivity contribution >= 4 is 51.3 Å². The number of hydrogen-bond acceptors (Lipinski definition) is 7. The van der Waals surface area contributed by atoms with E-state index in [0.717, 1.165) is 16.8 Å². The number of carbonyl (C=O) groups excluding carboxylic acids is 3. The summed E-state index contributed by atoms with van der Waals surface area (Å²) in [4.78, 5) is 44.1. The van der Waals surface area contributed by atoms with Gasteiger partial charge in [0, 0.05) is 18.0 Å². The Bertz CT molecular complexity index is 1310. The SMILES string of the molecule is Cc1ccc(-c2csc(NC(=O)COC(=O)c3ccccc3N(C)C(=O)c3cccs3)n2)cc1. The first kappa shape index (κ1) is 23.3. The number of rotatable bonds is 7. The van der Waals surface area contributed by atoms with Gasteiger partial charge in [0.15, 0.2) is 11.7 Å². The second kappa shape index (κ2) is 10.4. The maximum Gasteiger partial charge on any atom is 0.340 e. The second-order valence-electron chi connectivity index (χ2n) is 7.39. The van der Waals surface area contributed by atoms with Crippen molar-refractivity contribution in [2.45, 2.75) is 6.92 Å². The minimum absolute atomic E-state index is 0.193. The van der Waals surface area contributed by atoms with Crippen LogP contribution in [-0.2, 0) is 9.53 Å². The summed E-state index contributed by atoms with van der Waals surface area (Å²) >= 11 is 2.61. The molecule has 34 heavy (non-hydrogen) atoms. The van der Waals surface area contributed by atoms with Crippen molar-refractivity contribution < 1.29 is 19.1 Å². The van der Waals surface area contributed by atoms with Crippen LogP contribution in [0.3, 0.4) is 0 Å². The van der Waals surface area contributed by atoms with E-state index in [9.17, 15) is 14.4 Å². The molecule has 2 aromatic carbocycles. The molecule has 0 aliphatic carbocycles. The average Bonchev–Trinajstić information content (AvgIpc) is 3.55. The summed E-state index contributed by atoms with van der Waals surface area (Å²) in [7, 11) is 1.59. The zero-order chi connectivity index (χ0) is 24.1. The van der Waals surface area contributed by atoms with Crippen molar-refractivity contribution in [3.05, 3.63) is 87.4 Å². The lowest BCUT2D eigenvalue weighted by Crippen LogP contribution is -2.28. The molecule has 2 amide bonds. The molecule has 4 rings (SSSR count). The second-order valence-corrected chi connectivity index (χ2v) is 9.19. The van der Waals surface area contributed by atoms with Crippen molar-refractivity contribution in [1.29, 1.82) is 0 Å². The fourth-order valence-electron chi connectivity index (χ4n) is 3.17. The number of aromatic nitrogens is 1. The summed E-state index contributed by atoms with van der Waals surface area (Å²) in [5.41, 5.74) is 3.45. The number of amides is 2. The van der Waals surface area contributed by atoms with E-state index in [1.54, 1.807) is 43.4 Å². The lowest BCUT2D eigenvalue weighted by molar-refractivity contribution is -0.119. The Morgan fingerprint density at radius 2 is 1.76 bits per heavy atom. The summed E-state index contributed by atoms with van der Waals surface area (Å²) in [6.07, 6.45) is 0. The van der Waals surface area contributed by atoms with E-state index in [-0.39, 0.29) is 11.5 Å². The molecule has 0 radical (unpaired) electrons. The van der Waals surface area contributed by atoms with Gasteiger partial charge >= 0.3 is 5.97 Å². The van der Waals surface area contributed by atoms with Gasteiger partial charge in [-0.25, -0.2) is 9.78 Å². The van der Waals surface area contributed by atoms with Gasteiger partial charge in [-0.05, 0) is 30.5 Å². The van der Waals surface area contributed by atoms with E-state index in [1.165, 1.54) is 27.6 Å². The van der Waals surface area contributed by atoms with Crippen LogP contribution in [0.4, 0.5) is 10.8 Å². The van der Waals surface area contributed by atoms with Crippen LogP contribution in [0.5, 0.6) is 0 Å². The van der Waals surface area contributed by atoms with E-state index >= 15 is 0 Å². The predicted molar refractivity (Wildman–Crippen MR) is 135 cm³/mol. The first-order valence-corrected chi connectivity index (χ1v) is 12.1. The van der Waals surface area contributed by atoms with Gasteiger partial charge in [0.1, 0.15) is 0 Å². The van der Waals surface area contributed by atoms with Crippen molar-refractivity contribution in [2.24, 2.45) is 0 Å². The van der Waals surface area contributed by atoms with Crippen LogP contribution in [0.2, 0.25) is 0 Å². The molecule has 0 saturated carbocycles. The third-order valence-electron chi connectivity index (χ3n) is 4.95. The summed E-state index contributed by atoms with van der Waals surface area (Å²) in [5, 5.41) is 6.73. The summed E-state index contributed by atoms with van der Waals surface area (Å²) in [5.74, 6) is -1.43. The van der Waals surface area contributed by atoms with Gasteiger partial charge in [-0.2, -0.15) is 0 Å². The maximum absolute atomic E-state index is 12.7. The van der Waals surface area contributed by atoms with Crippen LogP contribution in [0.15, 0.2) is 71.4 Å². The molecule has 0 aliphatic rings. The summed E-state index contributed by atoms with van der Waals surface area (Å²) in [6.45, 7) is 1.53. The minimum Gasteiger partial charge on any atom is -0.452 e. The van der Waals surface area contributed by atoms with E-state index < -0.39 is 18.5 Å². The first-order valence-electron chi connectivity index (χ1n) is 10.3. The molecule has 172 valence electrons. The minimum atomic E-state index is -0.698. The van der Waals surface area contributed by atoms with Crippen LogP contribution < -0.4 is 10.2 Å². The van der Waals surface area contributed by atoms with Gasteiger partial charge in [0.05, 0.1) is 21.8 Å². The Kier molecular flexibility index (Phi) is 7.15. The molecule has 4 aromatic rings. The molecule has 2 aromatic heterocycles. The Morgan fingerprint density at radius 1 is 1.00 bits per heavy atom. The van der Waals surface area contributed by atoms with E-state index in [2.05, 4.69) is 10.3 Å². The fraction of sp³-hybridized carbons (Fsp3) is 0.120. The van der Waals surface area contributed by atoms with Gasteiger partial charge in [0.2, 0.25) is 0 Å². The van der Waals surface area contributed by atoms with Crippen molar-refractivity contribution in [3.8, 4) is 11.3 Å². The van der Waals surface area contributed by atoms with Crippen LogP contribution >= 0.6 is 22.7 Å². The van der Waals surface area contributed by atoms with Crippen LogP contribution in [0.1, 0.15) is 25.6 Å². The van der Waals surface area contributed by atoms with Gasteiger partial charge in [-0.15, -0.1) is 22.7 Å². The van der Waals surface area contributed by atoms with Crippen LogP contribution in [0.25, 0.3) is 11.3 Å². The predicted octanol–water partition coefficient (Wildman–Crippen LogP) is 5.25. The van der Waals surface area contributed by atoms with Crippen molar-refractivity contribution in [2.75, 3.05) is 23.9 Å². The molecular weight excluding hydrogens is 470 g/mol. The van der Waals surface area contributed by atoms with E-state index in [1.807, 2.05) is 41.9 Å². The third kappa shape index (κ3) is 5.38. The molecule has 0 fully saturated rings. The highest BCUT2D eigenvalue weighted by molar-refractivity contribution is 7.14. The first-order chi connectivity index (χ1) is 16.4. The number of nitrogens with zero attached hydrogens (tertiary/aromatic N) is 2. The molecule has 0 spiro atoms. The van der Waals surface area contributed by atoms with Gasteiger partial charge < -0.3 is 9.64 Å². The van der Waals surface area contributed by atoms with Gasteiger partial charge in [-0.1, -0.05) is 48.0 Å². The zero-order valence-corrected chi connectivity index (χ0v) is 20.1. The smallest absolute Gasteiger partial charge is 0.340 e. The molecule has 2 heterocycles. The van der Waals surface area contributed by atoms with Crippen LogP contribution in [0, 0.1) is 6.92 Å². The molecule has 7 nitrogen and oxygen atoms in total. The quantitative estimate of drug-likeness (QED) is 0.357. The van der Waals surface area contributed by atoms with E-state index in [4.69, 9.17) is 4.74 Å².